The third-order valence-corrected chi connectivity index (χ3v) is 3.16. The van der Waals surface area contributed by atoms with E-state index in [1.807, 2.05) is 31.2 Å². The number of hydrogen-bond acceptors (Lipinski definition) is 3. The topological polar surface area (TPSA) is 60.5 Å². The lowest BCUT2D eigenvalue weighted by atomic mass is 9.78. The second-order valence-electron chi connectivity index (χ2n) is 4.67. The molecule has 0 amide bonds. The van der Waals surface area contributed by atoms with Crippen molar-refractivity contribution in [2.45, 2.75) is 18.8 Å². The Morgan fingerprint density at radius 3 is 2.68 bits per heavy atom. The molecule has 19 heavy (non-hydrogen) atoms. The van der Waals surface area contributed by atoms with Crippen molar-refractivity contribution in [2.24, 2.45) is 0 Å². The number of benzene rings is 1. The van der Waals surface area contributed by atoms with Crippen LogP contribution in [0.25, 0.3) is 0 Å². The molecule has 1 aromatic heterocycles. The van der Waals surface area contributed by atoms with Crippen molar-refractivity contribution >= 4 is 0 Å². The van der Waals surface area contributed by atoms with Gasteiger partial charge in [-0.3, -0.25) is 4.98 Å². The van der Waals surface area contributed by atoms with E-state index in [-0.39, 0.29) is 0 Å². The van der Waals surface area contributed by atoms with Crippen LogP contribution in [0.3, 0.4) is 0 Å². The van der Waals surface area contributed by atoms with E-state index in [0.29, 0.717) is 12.0 Å². The van der Waals surface area contributed by atoms with Crippen LogP contribution in [-0.2, 0) is 11.8 Å². The molecule has 1 unspecified atom stereocenters. The Kier molecular flexibility index (Phi) is 3.59. The molecule has 0 saturated carbocycles. The lowest BCUT2D eigenvalue weighted by Gasteiger charge is -2.22. The highest BCUT2D eigenvalue weighted by Gasteiger charge is 2.27. The van der Waals surface area contributed by atoms with E-state index in [1.165, 1.54) is 0 Å². The summed E-state index contributed by atoms with van der Waals surface area (Å²) < 4.78 is 0. The van der Waals surface area contributed by atoms with E-state index in [9.17, 15) is 5.26 Å². The van der Waals surface area contributed by atoms with E-state index in [1.54, 1.807) is 24.5 Å². The van der Waals surface area contributed by atoms with Crippen LogP contribution < -0.4 is 0 Å². The summed E-state index contributed by atoms with van der Waals surface area (Å²) in [4.78, 5) is 4.07. The van der Waals surface area contributed by atoms with Crippen LogP contribution in [0.1, 0.15) is 23.6 Å². The number of aromatic nitrogens is 1. The molecule has 0 aliphatic heterocycles. The molecule has 0 fully saturated rings. The fraction of sp³-hybridized carbons (Fsp3) is 0.188. The monoisotopic (exact) mass is 247 g/mol. The lowest BCUT2D eigenvalue weighted by Crippen LogP contribution is -2.23. The highest BCUT2D eigenvalue weighted by atomic mass is 14.6. The zero-order chi connectivity index (χ0) is 13.7. The van der Waals surface area contributed by atoms with Gasteiger partial charge in [-0.2, -0.15) is 10.5 Å². The van der Waals surface area contributed by atoms with Crippen LogP contribution in [0.4, 0.5) is 0 Å². The Bertz CT molecular complexity index is 650. The van der Waals surface area contributed by atoms with Crippen LogP contribution in [0.2, 0.25) is 0 Å². The van der Waals surface area contributed by atoms with Gasteiger partial charge in [-0.05, 0) is 42.7 Å². The van der Waals surface area contributed by atoms with E-state index in [4.69, 9.17) is 5.26 Å². The third-order valence-electron chi connectivity index (χ3n) is 3.16. The molecule has 92 valence electrons. The predicted octanol–water partition coefficient (Wildman–Crippen LogP) is 2.98. The number of pyridine rings is 1. The molecular weight excluding hydrogens is 234 g/mol. The largest absolute Gasteiger partial charge is 0.264 e. The second-order valence-corrected chi connectivity index (χ2v) is 4.67. The van der Waals surface area contributed by atoms with Gasteiger partial charge in [-0.25, -0.2) is 0 Å². The van der Waals surface area contributed by atoms with E-state index < -0.39 is 5.41 Å². The summed E-state index contributed by atoms with van der Waals surface area (Å²) in [5, 5.41) is 18.5. The molecule has 2 aromatic rings. The van der Waals surface area contributed by atoms with Gasteiger partial charge < -0.3 is 0 Å². The zero-order valence-electron chi connectivity index (χ0n) is 10.7. The molecule has 0 spiro atoms. The fourth-order valence-corrected chi connectivity index (χ4v) is 2.05. The number of hydrogen-bond donors (Lipinski definition) is 0. The Balaban J connectivity index is 2.38. The van der Waals surface area contributed by atoms with Gasteiger partial charge in [0.1, 0.15) is 0 Å². The van der Waals surface area contributed by atoms with E-state index in [2.05, 4.69) is 17.1 Å². The van der Waals surface area contributed by atoms with Gasteiger partial charge in [0.2, 0.25) is 0 Å². The Morgan fingerprint density at radius 2 is 2.05 bits per heavy atom. The van der Waals surface area contributed by atoms with Crippen molar-refractivity contribution in [2.75, 3.05) is 0 Å². The van der Waals surface area contributed by atoms with Crippen LogP contribution in [0, 0.1) is 22.7 Å². The summed E-state index contributed by atoms with van der Waals surface area (Å²) >= 11 is 0. The van der Waals surface area contributed by atoms with Gasteiger partial charge in [0.15, 0.2) is 0 Å². The average molecular weight is 247 g/mol. The van der Waals surface area contributed by atoms with Crippen molar-refractivity contribution < 1.29 is 0 Å². The van der Waals surface area contributed by atoms with Gasteiger partial charge in [-0.15, -0.1) is 0 Å². The Morgan fingerprint density at radius 1 is 1.21 bits per heavy atom. The second kappa shape index (κ2) is 5.33. The molecule has 1 atom stereocenters. The maximum atomic E-state index is 9.51. The molecule has 1 aromatic carbocycles. The first kappa shape index (κ1) is 12.8. The molecule has 0 N–H and O–H groups in total. The standard InChI is InChI=1S/C16H13N3/c1-16(12-18,9-14-5-3-7-19-11-14)15-6-2-4-13(8-15)10-17/h2-8,11H,9H2,1H3. The maximum absolute atomic E-state index is 9.51. The van der Waals surface area contributed by atoms with Crippen LogP contribution in [0.5, 0.6) is 0 Å². The van der Waals surface area contributed by atoms with Crippen LogP contribution in [-0.4, -0.2) is 4.98 Å². The van der Waals surface area contributed by atoms with Gasteiger partial charge in [0.25, 0.3) is 0 Å². The molecule has 0 aliphatic carbocycles. The van der Waals surface area contributed by atoms with E-state index >= 15 is 0 Å². The summed E-state index contributed by atoms with van der Waals surface area (Å²) in [6.07, 6.45) is 4.06. The van der Waals surface area contributed by atoms with Crippen LogP contribution >= 0.6 is 0 Å². The molecular formula is C16H13N3. The molecule has 0 bridgehead atoms. The summed E-state index contributed by atoms with van der Waals surface area (Å²) in [5.41, 5.74) is 1.78. The normalized spacial score (nSPS) is 13.0. The SMILES string of the molecule is CC(C#N)(Cc1cccnc1)c1cccc(C#N)c1. The summed E-state index contributed by atoms with van der Waals surface area (Å²) in [7, 11) is 0. The highest BCUT2D eigenvalue weighted by Crippen LogP contribution is 2.27. The molecule has 0 saturated heterocycles. The van der Waals surface area contributed by atoms with Crippen molar-refractivity contribution in [3.63, 3.8) is 0 Å². The van der Waals surface area contributed by atoms with Crippen molar-refractivity contribution in [3.8, 4) is 12.1 Å². The first-order chi connectivity index (χ1) is 9.18. The Labute approximate surface area is 112 Å². The predicted molar refractivity (Wildman–Crippen MR) is 72.1 cm³/mol. The Hall–Kier alpha value is -2.65. The first-order valence-corrected chi connectivity index (χ1v) is 5.99. The van der Waals surface area contributed by atoms with Crippen molar-refractivity contribution in [1.29, 1.82) is 10.5 Å². The minimum Gasteiger partial charge on any atom is -0.264 e. The van der Waals surface area contributed by atoms with Gasteiger partial charge in [0.05, 0.1) is 23.1 Å². The molecule has 0 aliphatic rings. The lowest BCUT2D eigenvalue weighted by molar-refractivity contribution is 0.605. The van der Waals surface area contributed by atoms with Gasteiger partial charge >= 0.3 is 0 Å². The minimum atomic E-state index is -0.657. The fourth-order valence-electron chi connectivity index (χ4n) is 2.05. The van der Waals surface area contributed by atoms with Crippen LogP contribution in [0.15, 0.2) is 48.8 Å². The quantitative estimate of drug-likeness (QED) is 0.837. The molecule has 0 radical (unpaired) electrons. The third kappa shape index (κ3) is 2.78. The minimum absolute atomic E-state index is 0.574. The number of nitriles is 2. The summed E-state index contributed by atoms with van der Waals surface area (Å²) in [5.74, 6) is 0. The van der Waals surface area contributed by atoms with Gasteiger partial charge in [-0.1, -0.05) is 18.2 Å². The molecule has 1 heterocycles. The summed E-state index contributed by atoms with van der Waals surface area (Å²) in [6, 6.07) is 15.5. The average Bonchev–Trinajstić information content (AvgIpc) is 2.48. The highest BCUT2D eigenvalue weighted by molar-refractivity contribution is 5.40. The van der Waals surface area contributed by atoms with Gasteiger partial charge in [0, 0.05) is 12.4 Å². The maximum Gasteiger partial charge on any atom is 0.0991 e. The van der Waals surface area contributed by atoms with Crippen molar-refractivity contribution in [3.05, 3.63) is 65.5 Å². The first-order valence-electron chi connectivity index (χ1n) is 5.99. The number of nitrogens with zero attached hydrogens (tertiary/aromatic N) is 3. The summed E-state index contributed by atoms with van der Waals surface area (Å²) in [6.45, 7) is 1.89. The molecule has 3 heteroatoms. The molecule has 3 nitrogen and oxygen atoms in total. The van der Waals surface area contributed by atoms with E-state index in [0.717, 1.165) is 11.1 Å². The molecule has 2 rings (SSSR count). The zero-order valence-corrected chi connectivity index (χ0v) is 10.7. The number of rotatable bonds is 3. The van der Waals surface area contributed by atoms with Crippen molar-refractivity contribution in [1.82, 2.24) is 4.98 Å². The smallest absolute Gasteiger partial charge is 0.0991 e.